The van der Waals surface area contributed by atoms with E-state index in [-0.39, 0.29) is 0 Å². The minimum atomic E-state index is -1.86. The average molecular weight is 273 g/mol. The van der Waals surface area contributed by atoms with Gasteiger partial charge < -0.3 is 0 Å². The Kier molecular flexibility index (Phi) is 3.74. The van der Waals surface area contributed by atoms with Gasteiger partial charge >= 0.3 is 0 Å². The average Bonchev–Trinajstić information content (AvgIpc) is 2.38. The Labute approximate surface area is 115 Å². The molecule has 18 heavy (non-hydrogen) atoms. The van der Waals surface area contributed by atoms with Crippen LogP contribution in [0.1, 0.15) is 11.1 Å². The topological polar surface area (TPSA) is 0 Å². The molecule has 0 spiro atoms. The smallest absolute Gasteiger partial charge is 0.161 e. The van der Waals surface area contributed by atoms with Gasteiger partial charge in [0.1, 0.15) is 0 Å². The molecule has 0 aromatic heterocycles. The van der Waals surface area contributed by atoms with E-state index < -0.39 is 7.38 Å². The van der Waals surface area contributed by atoms with E-state index in [1.807, 2.05) is 30.3 Å². The molecule has 2 aromatic carbocycles. The molecule has 92 valence electrons. The summed E-state index contributed by atoms with van der Waals surface area (Å²) >= 11 is 6.59. The summed E-state index contributed by atoms with van der Waals surface area (Å²) < 4.78 is 0. The van der Waals surface area contributed by atoms with Gasteiger partial charge in [0.15, 0.2) is 7.38 Å². The van der Waals surface area contributed by atoms with Crippen LogP contribution in [0, 0.1) is 0 Å². The van der Waals surface area contributed by atoms with E-state index in [1.165, 1.54) is 10.8 Å². The Balaban J connectivity index is 2.50. The zero-order chi connectivity index (χ0) is 13.2. The fourth-order valence-corrected chi connectivity index (χ4v) is 3.92. The van der Waals surface area contributed by atoms with Crippen molar-refractivity contribution in [2.45, 2.75) is 13.1 Å². The van der Waals surface area contributed by atoms with Gasteiger partial charge in [-0.15, -0.1) is 0 Å². The number of benzene rings is 2. The Hall–Kier alpha value is -1.31. The van der Waals surface area contributed by atoms with Gasteiger partial charge in [-0.1, -0.05) is 74.3 Å². The van der Waals surface area contributed by atoms with E-state index in [1.54, 1.807) is 0 Å². The van der Waals surface area contributed by atoms with E-state index in [2.05, 4.69) is 43.9 Å². The molecule has 0 aliphatic rings. The van der Waals surface area contributed by atoms with E-state index in [4.69, 9.17) is 11.1 Å². The molecular formula is C16H17ClSi. The first-order chi connectivity index (χ1) is 8.50. The van der Waals surface area contributed by atoms with Crippen LogP contribution in [0.3, 0.4) is 0 Å². The maximum atomic E-state index is 6.59. The summed E-state index contributed by atoms with van der Waals surface area (Å²) in [6.07, 6.45) is 0. The number of rotatable bonds is 3. The quantitative estimate of drug-likeness (QED) is 0.574. The lowest BCUT2D eigenvalue weighted by Gasteiger charge is -2.19. The molecule has 0 atom stereocenters. The lowest BCUT2D eigenvalue weighted by molar-refractivity contribution is 1.57. The van der Waals surface area contributed by atoms with Crippen molar-refractivity contribution in [1.29, 1.82) is 0 Å². The minimum Gasteiger partial charge on any atom is -0.161 e. The largest absolute Gasteiger partial charge is 0.181 e. The van der Waals surface area contributed by atoms with Crippen molar-refractivity contribution in [2.24, 2.45) is 0 Å². The maximum Gasteiger partial charge on any atom is 0.181 e. The summed E-state index contributed by atoms with van der Waals surface area (Å²) in [4.78, 5) is 0. The van der Waals surface area contributed by atoms with Crippen LogP contribution in [0.2, 0.25) is 13.1 Å². The predicted molar refractivity (Wildman–Crippen MR) is 84.0 cm³/mol. The maximum absolute atomic E-state index is 6.59. The van der Waals surface area contributed by atoms with Gasteiger partial charge in [0.05, 0.1) is 0 Å². The van der Waals surface area contributed by atoms with Crippen LogP contribution in [0.25, 0.3) is 5.57 Å². The lowest BCUT2D eigenvalue weighted by atomic mass is 10.00. The molecule has 2 heteroatoms. The molecule has 0 unspecified atom stereocenters. The highest BCUT2D eigenvalue weighted by molar-refractivity contribution is 7.26. The highest BCUT2D eigenvalue weighted by atomic mass is 35.6. The van der Waals surface area contributed by atoms with Crippen LogP contribution in [0.15, 0.2) is 61.2 Å². The van der Waals surface area contributed by atoms with E-state index in [9.17, 15) is 0 Å². The van der Waals surface area contributed by atoms with Gasteiger partial charge in [0.25, 0.3) is 0 Å². The zero-order valence-electron chi connectivity index (χ0n) is 10.8. The molecule has 0 bridgehead atoms. The Morgan fingerprint density at radius 2 is 1.50 bits per heavy atom. The van der Waals surface area contributed by atoms with Crippen molar-refractivity contribution in [1.82, 2.24) is 0 Å². The number of halogens is 1. The van der Waals surface area contributed by atoms with Gasteiger partial charge in [0.2, 0.25) is 0 Å². The molecule has 2 aromatic rings. The molecule has 0 aliphatic heterocycles. The van der Waals surface area contributed by atoms with Gasteiger partial charge in [-0.2, -0.15) is 11.1 Å². The molecule has 0 fully saturated rings. The Bertz CT molecular complexity index is 553. The van der Waals surface area contributed by atoms with Crippen LogP contribution in [-0.2, 0) is 0 Å². The third-order valence-corrected chi connectivity index (χ3v) is 5.34. The summed E-state index contributed by atoms with van der Waals surface area (Å²) in [6, 6.07) is 18.6. The summed E-state index contributed by atoms with van der Waals surface area (Å²) in [6.45, 7) is 8.52. The SMILES string of the molecule is C=C(c1ccccc1)c1ccccc1[Si](C)(C)Cl. The van der Waals surface area contributed by atoms with Crippen molar-refractivity contribution >= 4 is 29.2 Å². The highest BCUT2D eigenvalue weighted by Gasteiger charge is 2.24. The molecule has 0 heterocycles. The fourth-order valence-electron chi connectivity index (χ4n) is 2.06. The second kappa shape index (κ2) is 5.13. The van der Waals surface area contributed by atoms with Crippen LogP contribution in [-0.4, -0.2) is 7.38 Å². The molecule has 0 radical (unpaired) electrons. The Morgan fingerprint density at radius 1 is 0.944 bits per heavy atom. The third-order valence-electron chi connectivity index (χ3n) is 3.01. The molecule has 0 N–H and O–H groups in total. The standard InChI is InChI=1S/C16H17ClSi/c1-13(14-9-5-4-6-10-14)15-11-7-8-12-16(15)18(2,3)17/h4-12H,1H2,2-3H3. The van der Waals surface area contributed by atoms with Crippen molar-refractivity contribution in [3.8, 4) is 0 Å². The van der Waals surface area contributed by atoms with E-state index >= 15 is 0 Å². The molecule has 0 saturated heterocycles. The summed E-state index contributed by atoms with van der Waals surface area (Å²) in [5.41, 5.74) is 3.38. The van der Waals surface area contributed by atoms with E-state index in [0.717, 1.165) is 11.1 Å². The van der Waals surface area contributed by atoms with Crippen LogP contribution in [0.4, 0.5) is 0 Å². The first-order valence-corrected chi connectivity index (χ1v) is 10.0. The predicted octanol–water partition coefficient (Wildman–Crippen LogP) is 4.40. The van der Waals surface area contributed by atoms with Crippen LogP contribution >= 0.6 is 11.1 Å². The number of hydrogen-bond acceptors (Lipinski definition) is 0. The fraction of sp³-hybridized carbons (Fsp3) is 0.125. The van der Waals surface area contributed by atoms with Gasteiger partial charge in [0, 0.05) is 0 Å². The normalized spacial score (nSPS) is 11.3. The van der Waals surface area contributed by atoms with Crippen LogP contribution < -0.4 is 5.19 Å². The lowest BCUT2D eigenvalue weighted by Crippen LogP contribution is -2.37. The van der Waals surface area contributed by atoms with Crippen molar-refractivity contribution in [2.75, 3.05) is 0 Å². The highest BCUT2D eigenvalue weighted by Crippen LogP contribution is 2.23. The summed E-state index contributed by atoms with van der Waals surface area (Å²) in [5, 5.41) is 1.25. The van der Waals surface area contributed by atoms with Crippen LogP contribution in [0.5, 0.6) is 0 Å². The zero-order valence-corrected chi connectivity index (χ0v) is 12.5. The first kappa shape index (κ1) is 13.1. The van der Waals surface area contributed by atoms with Crippen molar-refractivity contribution in [3.05, 3.63) is 72.3 Å². The minimum absolute atomic E-state index is 1.05. The third kappa shape index (κ3) is 2.74. The van der Waals surface area contributed by atoms with Crippen molar-refractivity contribution in [3.63, 3.8) is 0 Å². The molecular weight excluding hydrogens is 256 g/mol. The van der Waals surface area contributed by atoms with Crippen molar-refractivity contribution < 1.29 is 0 Å². The molecule has 0 aliphatic carbocycles. The Morgan fingerprint density at radius 3 is 2.11 bits per heavy atom. The van der Waals surface area contributed by atoms with Gasteiger partial charge in [-0.25, -0.2) is 0 Å². The van der Waals surface area contributed by atoms with Gasteiger partial charge in [-0.05, 0) is 21.9 Å². The molecule has 0 saturated carbocycles. The molecule has 2 rings (SSSR count). The summed E-state index contributed by atoms with van der Waals surface area (Å²) in [7, 11) is -1.86. The summed E-state index contributed by atoms with van der Waals surface area (Å²) in [5.74, 6) is 0. The monoisotopic (exact) mass is 272 g/mol. The first-order valence-electron chi connectivity index (χ1n) is 6.03. The molecule has 0 amide bonds. The second-order valence-corrected chi connectivity index (χ2v) is 11.2. The van der Waals surface area contributed by atoms with Gasteiger partial charge in [-0.3, -0.25) is 0 Å². The van der Waals surface area contributed by atoms with E-state index in [0.29, 0.717) is 0 Å². The second-order valence-electron chi connectivity index (χ2n) is 4.86. The number of hydrogen-bond donors (Lipinski definition) is 0. The molecule has 0 nitrogen and oxygen atoms in total.